The second-order valence-corrected chi connectivity index (χ2v) is 7.10. The van der Waals surface area contributed by atoms with Crippen LogP contribution in [0.3, 0.4) is 0 Å². The zero-order chi connectivity index (χ0) is 21.5. The molecule has 0 unspecified atom stereocenters. The molecule has 6 nitrogen and oxygen atoms in total. The fourth-order valence-electron chi connectivity index (χ4n) is 3.14. The maximum Gasteiger partial charge on any atom is 0.254 e. The number of carbonyl (C=O) groups is 2. The number of anilines is 1. The minimum absolute atomic E-state index is 0.0643. The quantitative estimate of drug-likeness (QED) is 0.657. The first-order chi connectivity index (χ1) is 14.5. The number of hydrogen-bond donors (Lipinski definition) is 1. The van der Waals surface area contributed by atoms with Gasteiger partial charge in [-0.2, -0.15) is 0 Å². The number of nitrogens with zero attached hydrogens (tertiary/aromatic N) is 2. The van der Waals surface area contributed by atoms with E-state index in [1.54, 1.807) is 41.4 Å². The number of nitrogens with one attached hydrogen (secondary N) is 1. The molecule has 0 saturated carbocycles. The Labute approximate surface area is 175 Å². The largest absolute Gasteiger partial charge is 0.335 e. The van der Waals surface area contributed by atoms with Crippen molar-refractivity contribution in [3.05, 3.63) is 100.0 Å². The minimum Gasteiger partial charge on any atom is -0.335 e. The van der Waals surface area contributed by atoms with Crippen LogP contribution in [0.1, 0.15) is 28.4 Å². The van der Waals surface area contributed by atoms with Gasteiger partial charge in [0.05, 0.1) is 0 Å². The molecule has 0 radical (unpaired) electrons. The lowest BCUT2D eigenvalue weighted by Gasteiger charge is -2.21. The van der Waals surface area contributed by atoms with Crippen LogP contribution in [0.4, 0.5) is 5.69 Å². The molecule has 1 aromatic heterocycles. The van der Waals surface area contributed by atoms with E-state index < -0.39 is 0 Å². The molecular formula is C24H25N3O3. The van der Waals surface area contributed by atoms with E-state index in [0.717, 1.165) is 11.1 Å². The van der Waals surface area contributed by atoms with Gasteiger partial charge in [-0.15, -0.1) is 0 Å². The Balaban J connectivity index is 1.63. The van der Waals surface area contributed by atoms with Crippen LogP contribution >= 0.6 is 0 Å². The Morgan fingerprint density at radius 2 is 1.67 bits per heavy atom. The molecular weight excluding hydrogens is 378 g/mol. The van der Waals surface area contributed by atoms with Crippen LogP contribution in [-0.4, -0.2) is 27.8 Å². The highest BCUT2D eigenvalue weighted by molar-refractivity contribution is 5.95. The summed E-state index contributed by atoms with van der Waals surface area (Å²) in [4.78, 5) is 38.7. The highest BCUT2D eigenvalue weighted by atomic mass is 16.2. The molecule has 0 aliphatic heterocycles. The van der Waals surface area contributed by atoms with E-state index in [1.165, 1.54) is 10.6 Å². The summed E-state index contributed by atoms with van der Waals surface area (Å²) in [6, 6.07) is 19.8. The first kappa shape index (κ1) is 21.0. The number of pyridine rings is 1. The maximum absolute atomic E-state index is 12.8. The molecule has 30 heavy (non-hydrogen) atoms. The molecule has 154 valence electrons. The van der Waals surface area contributed by atoms with Gasteiger partial charge in [-0.1, -0.05) is 36.4 Å². The summed E-state index contributed by atoms with van der Waals surface area (Å²) in [5.41, 5.74) is 2.88. The third kappa shape index (κ3) is 5.44. The molecule has 1 N–H and O–H groups in total. The highest BCUT2D eigenvalue weighted by Gasteiger charge is 2.15. The van der Waals surface area contributed by atoms with Gasteiger partial charge in [0.25, 0.3) is 11.5 Å². The average Bonchev–Trinajstić information content (AvgIpc) is 2.75. The van der Waals surface area contributed by atoms with Gasteiger partial charge in [-0.3, -0.25) is 14.4 Å². The van der Waals surface area contributed by atoms with E-state index in [4.69, 9.17) is 0 Å². The lowest BCUT2D eigenvalue weighted by Crippen LogP contribution is -2.30. The van der Waals surface area contributed by atoms with Crippen LogP contribution in [0.15, 0.2) is 77.7 Å². The van der Waals surface area contributed by atoms with Crippen LogP contribution in [0.2, 0.25) is 0 Å². The SMILES string of the molecule is CCN(Cc1ccccc1)C(=O)c1ccc(NC(=O)Cn2cc(C)ccc2=O)cc1. The van der Waals surface area contributed by atoms with Gasteiger partial charge in [0, 0.05) is 36.6 Å². The van der Waals surface area contributed by atoms with Gasteiger partial charge in [0.15, 0.2) is 0 Å². The van der Waals surface area contributed by atoms with Crippen molar-refractivity contribution in [2.45, 2.75) is 26.9 Å². The lowest BCUT2D eigenvalue weighted by atomic mass is 10.1. The summed E-state index contributed by atoms with van der Waals surface area (Å²) >= 11 is 0. The number of amides is 2. The van der Waals surface area contributed by atoms with Gasteiger partial charge in [-0.05, 0) is 49.2 Å². The van der Waals surface area contributed by atoms with Gasteiger partial charge in [-0.25, -0.2) is 0 Å². The summed E-state index contributed by atoms with van der Waals surface area (Å²) < 4.78 is 1.37. The van der Waals surface area contributed by atoms with Crippen molar-refractivity contribution in [1.29, 1.82) is 0 Å². The average molecular weight is 403 g/mol. The molecule has 1 heterocycles. The molecule has 0 aliphatic carbocycles. The van der Waals surface area contributed by atoms with Crippen molar-refractivity contribution < 1.29 is 9.59 Å². The fraction of sp³-hybridized carbons (Fsp3) is 0.208. The lowest BCUT2D eigenvalue weighted by molar-refractivity contribution is -0.116. The van der Waals surface area contributed by atoms with Crippen LogP contribution in [0.5, 0.6) is 0 Å². The van der Waals surface area contributed by atoms with Crippen LogP contribution < -0.4 is 10.9 Å². The van der Waals surface area contributed by atoms with Crippen molar-refractivity contribution in [2.75, 3.05) is 11.9 Å². The van der Waals surface area contributed by atoms with Crippen molar-refractivity contribution in [3.8, 4) is 0 Å². The normalized spacial score (nSPS) is 10.5. The number of carbonyl (C=O) groups excluding carboxylic acids is 2. The van der Waals surface area contributed by atoms with Crippen LogP contribution in [0, 0.1) is 6.92 Å². The van der Waals surface area contributed by atoms with E-state index in [1.807, 2.05) is 44.2 Å². The first-order valence-corrected chi connectivity index (χ1v) is 9.86. The number of rotatable bonds is 7. The van der Waals surface area contributed by atoms with E-state index in [-0.39, 0.29) is 23.9 Å². The van der Waals surface area contributed by atoms with Gasteiger partial charge >= 0.3 is 0 Å². The Hall–Kier alpha value is -3.67. The predicted octanol–water partition coefficient (Wildman–Crippen LogP) is 3.46. The second kappa shape index (κ2) is 9.69. The smallest absolute Gasteiger partial charge is 0.254 e. The molecule has 2 amide bonds. The molecule has 0 aliphatic rings. The predicted molar refractivity (Wildman–Crippen MR) is 117 cm³/mol. The second-order valence-electron chi connectivity index (χ2n) is 7.10. The summed E-state index contributed by atoms with van der Waals surface area (Å²) in [7, 11) is 0. The van der Waals surface area contributed by atoms with Crippen molar-refractivity contribution in [2.24, 2.45) is 0 Å². The summed E-state index contributed by atoms with van der Waals surface area (Å²) in [5.74, 6) is -0.369. The third-order valence-electron chi connectivity index (χ3n) is 4.75. The first-order valence-electron chi connectivity index (χ1n) is 9.86. The Morgan fingerprint density at radius 1 is 0.967 bits per heavy atom. The Morgan fingerprint density at radius 3 is 2.33 bits per heavy atom. The third-order valence-corrected chi connectivity index (χ3v) is 4.75. The molecule has 3 aromatic rings. The topological polar surface area (TPSA) is 71.4 Å². The molecule has 0 atom stereocenters. The summed E-state index contributed by atoms with van der Waals surface area (Å²) in [5, 5.41) is 2.76. The number of aryl methyl sites for hydroxylation is 1. The maximum atomic E-state index is 12.8. The standard InChI is InChI=1S/C24H25N3O3/c1-3-26(16-19-7-5-4-6-8-19)24(30)20-10-12-21(13-11-20)25-22(28)17-27-15-18(2)9-14-23(27)29/h4-15H,3,16-17H2,1-2H3,(H,25,28). The fourth-order valence-corrected chi connectivity index (χ4v) is 3.14. The number of hydrogen-bond acceptors (Lipinski definition) is 3. The van der Waals surface area contributed by atoms with Crippen LogP contribution in [-0.2, 0) is 17.9 Å². The molecule has 6 heteroatoms. The van der Waals surface area contributed by atoms with Gasteiger partial charge < -0.3 is 14.8 Å². The zero-order valence-electron chi connectivity index (χ0n) is 17.2. The van der Waals surface area contributed by atoms with Gasteiger partial charge in [0.1, 0.15) is 6.54 Å². The number of aromatic nitrogens is 1. The van der Waals surface area contributed by atoms with E-state index in [9.17, 15) is 14.4 Å². The molecule has 0 saturated heterocycles. The Kier molecular flexibility index (Phi) is 6.80. The summed E-state index contributed by atoms with van der Waals surface area (Å²) in [6.45, 7) is 4.88. The minimum atomic E-state index is -0.305. The van der Waals surface area contributed by atoms with Crippen LogP contribution in [0.25, 0.3) is 0 Å². The molecule has 0 spiro atoms. The molecule has 0 bridgehead atoms. The molecule has 2 aromatic carbocycles. The zero-order valence-corrected chi connectivity index (χ0v) is 17.2. The highest BCUT2D eigenvalue weighted by Crippen LogP contribution is 2.14. The van der Waals surface area contributed by atoms with E-state index in [2.05, 4.69) is 5.32 Å². The number of benzene rings is 2. The van der Waals surface area contributed by atoms with Crippen molar-refractivity contribution in [1.82, 2.24) is 9.47 Å². The van der Waals surface area contributed by atoms with Gasteiger partial charge in [0.2, 0.25) is 5.91 Å². The Bertz CT molecular complexity index is 1070. The van der Waals surface area contributed by atoms with E-state index >= 15 is 0 Å². The molecule has 3 rings (SSSR count). The van der Waals surface area contributed by atoms with E-state index in [0.29, 0.717) is 24.3 Å². The summed E-state index contributed by atoms with van der Waals surface area (Å²) in [6.07, 6.45) is 1.65. The monoisotopic (exact) mass is 403 g/mol. The van der Waals surface area contributed by atoms with Crippen molar-refractivity contribution in [3.63, 3.8) is 0 Å². The van der Waals surface area contributed by atoms with Crippen molar-refractivity contribution >= 4 is 17.5 Å². The molecule has 0 fully saturated rings.